The van der Waals surface area contributed by atoms with Crippen molar-refractivity contribution in [3.63, 3.8) is 0 Å². The van der Waals surface area contributed by atoms with Crippen LogP contribution < -0.4 is 11.1 Å². The fourth-order valence-corrected chi connectivity index (χ4v) is 4.05. The molecule has 0 radical (unpaired) electrons. The molecule has 0 atom stereocenters. The molecule has 0 saturated carbocycles. The lowest BCUT2D eigenvalue weighted by Crippen LogP contribution is -2.61. The number of hydrogen-bond donors (Lipinski definition) is 2. The van der Waals surface area contributed by atoms with Gasteiger partial charge in [0.15, 0.2) is 0 Å². The molecule has 0 unspecified atom stereocenters. The largest absolute Gasteiger partial charge is 0.398 e. The zero-order chi connectivity index (χ0) is 17.0. The molecule has 2 heterocycles. The summed E-state index contributed by atoms with van der Waals surface area (Å²) in [5, 5.41) is 3.18. The van der Waals surface area contributed by atoms with E-state index in [2.05, 4.69) is 22.2 Å². The van der Waals surface area contributed by atoms with Crippen LogP contribution in [-0.4, -0.2) is 61.0 Å². The minimum Gasteiger partial charge on any atom is -0.398 e. The molecule has 3 N–H and O–H groups in total. The molecule has 156 valence electrons. The lowest BCUT2D eigenvalue weighted by Gasteiger charge is -2.50. The maximum atomic E-state index is 12.6. The monoisotopic (exact) mass is 438 g/mol. The molecule has 0 bridgehead atoms. The highest BCUT2D eigenvalue weighted by Crippen LogP contribution is 2.31. The second-order valence-corrected chi connectivity index (χ2v) is 7.35. The molecule has 0 aromatic heterocycles. The molecule has 3 rings (SSSR count). The van der Waals surface area contributed by atoms with Gasteiger partial charge in [-0.3, -0.25) is 9.69 Å². The van der Waals surface area contributed by atoms with Gasteiger partial charge >= 0.3 is 0 Å². The van der Waals surface area contributed by atoms with E-state index in [1.807, 2.05) is 12.1 Å². The van der Waals surface area contributed by atoms with E-state index in [4.69, 9.17) is 5.73 Å². The van der Waals surface area contributed by atoms with Crippen LogP contribution in [0.2, 0.25) is 0 Å². The molecule has 27 heavy (non-hydrogen) atoms. The van der Waals surface area contributed by atoms with Crippen molar-refractivity contribution in [3.05, 3.63) is 29.8 Å². The Kier molecular flexibility index (Phi) is 11.7. The molecule has 8 heteroatoms. The smallest absolute Gasteiger partial charge is 0.253 e. The van der Waals surface area contributed by atoms with Crippen molar-refractivity contribution in [3.8, 4) is 0 Å². The van der Waals surface area contributed by atoms with E-state index >= 15 is 0 Å². The average Bonchev–Trinajstić information content (AvgIpc) is 2.62. The summed E-state index contributed by atoms with van der Waals surface area (Å²) in [6.45, 7) is 5.23. The van der Waals surface area contributed by atoms with Crippen molar-refractivity contribution in [1.29, 1.82) is 0 Å². The Morgan fingerprint density at radius 2 is 1.63 bits per heavy atom. The Morgan fingerprint density at radius 1 is 1.04 bits per heavy atom. The second kappa shape index (κ2) is 12.0. The van der Waals surface area contributed by atoms with E-state index in [9.17, 15) is 4.79 Å². The number of halogens is 3. The van der Waals surface area contributed by atoms with Crippen LogP contribution in [0.25, 0.3) is 0 Å². The lowest BCUT2D eigenvalue weighted by atomic mass is 9.84. The van der Waals surface area contributed by atoms with Crippen LogP contribution in [0.1, 0.15) is 42.5 Å². The molecule has 2 fully saturated rings. The summed E-state index contributed by atoms with van der Waals surface area (Å²) < 4.78 is 0. The number of anilines is 1. The van der Waals surface area contributed by atoms with Gasteiger partial charge in [-0.25, -0.2) is 0 Å². The molecule has 1 aromatic carbocycles. The number of carbonyl (C=O) groups excluding carboxylic acids is 1. The van der Waals surface area contributed by atoms with Gasteiger partial charge in [0, 0.05) is 17.8 Å². The van der Waals surface area contributed by atoms with E-state index in [0.717, 1.165) is 39.0 Å². The maximum Gasteiger partial charge on any atom is 0.253 e. The molecule has 2 aliphatic rings. The van der Waals surface area contributed by atoms with Crippen LogP contribution in [-0.2, 0) is 0 Å². The van der Waals surface area contributed by atoms with Crippen LogP contribution in [0.4, 0.5) is 5.69 Å². The zero-order valence-electron chi connectivity index (χ0n) is 16.0. The van der Waals surface area contributed by atoms with Crippen molar-refractivity contribution < 1.29 is 4.79 Å². The predicted molar refractivity (Wildman–Crippen MR) is 120 cm³/mol. The summed E-state index contributed by atoms with van der Waals surface area (Å²) in [4.78, 5) is 17.6. The number of para-hydroxylation sites is 1. The van der Waals surface area contributed by atoms with Crippen molar-refractivity contribution in [2.45, 2.75) is 37.6 Å². The van der Waals surface area contributed by atoms with Crippen LogP contribution >= 0.6 is 37.2 Å². The number of nitrogen functional groups attached to an aromatic ring is 1. The van der Waals surface area contributed by atoms with E-state index in [0.29, 0.717) is 17.8 Å². The standard InChI is InChI=1S/C19H30N4O.3ClH/c1-22-13-9-19(10-14-22,23-11-5-2-6-12-23)15-21-18(24)16-7-3-4-8-17(16)20;;;/h3-4,7-8H,2,5-6,9-15,20H2,1H3,(H,21,24);3*1H. The Hall–Kier alpha value is -0.720. The maximum absolute atomic E-state index is 12.6. The van der Waals surface area contributed by atoms with Gasteiger partial charge in [-0.15, -0.1) is 37.2 Å². The highest BCUT2D eigenvalue weighted by atomic mass is 35.5. The Bertz CT molecular complexity index is 574. The van der Waals surface area contributed by atoms with Crippen LogP contribution in [0.3, 0.4) is 0 Å². The van der Waals surface area contributed by atoms with Crippen molar-refractivity contribution in [2.24, 2.45) is 0 Å². The Morgan fingerprint density at radius 3 is 2.22 bits per heavy atom. The normalized spacial score (nSPS) is 19.7. The number of nitrogens with zero attached hydrogens (tertiary/aromatic N) is 2. The third-order valence-electron chi connectivity index (χ3n) is 5.73. The fourth-order valence-electron chi connectivity index (χ4n) is 4.05. The molecular weight excluding hydrogens is 407 g/mol. The van der Waals surface area contributed by atoms with Gasteiger partial charge in [0.25, 0.3) is 5.91 Å². The number of benzene rings is 1. The summed E-state index contributed by atoms with van der Waals surface area (Å²) in [7, 11) is 2.18. The third kappa shape index (κ3) is 6.40. The number of nitrogens with two attached hydrogens (primary N) is 1. The summed E-state index contributed by atoms with van der Waals surface area (Å²) in [6, 6.07) is 7.30. The molecule has 1 amide bonds. The Labute approximate surface area is 181 Å². The van der Waals surface area contributed by atoms with Gasteiger partial charge in [0.1, 0.15) is 0 Å². The van der Waals surface area contributed by atoms with E-state index in [1.54, 1.807) is 12.1 Å². The number of likely N-dealkylation sites (tertiary alicyclic amines) is 2. The van der Waals surface area contributed by atoms with Gasteiger partial charge in [-0.05, 0) is 71.0 Å². The molecule has 1 aromatic rings. The minimum atomic E-state index is -0.0524. The molecule has 2 aliphatic heterocycles. The highest BCUT2D eigenvalue weighted by Gasteiger charge is 2.39. The average molecular weight is 440 g/mol. The lowest BCUT2D eigenvalue weighted by molar-refractivity contribution is 0.0145. The molecule has 2 saturated heterocycles. The number of hydrogen-bond acceptors (Lipinski definition) is 4. The summed E-state index contributed by atoms with van der Waals surface area (Å²) in [6.07, 6.45) is 6.12. The van der Waals surface area contributed by atoms with Gasteiger partial charge in [0.05, 0.1) is 5.56 Å². The van der Waals surface area contributed by atoms with Gasteiger partial charge in [0.2, 0.25) is 0 Å². The highest BCUT2D eigenvalue weighted by molar-refractivity contribution is 5.99. The molecule has 0 spiro atoms. The van der Waals surface area contributed by atoms with E-state index in [-0.39, 0.29) is 48.7 Å². The van der Waals surface area contributed by atoms with Crippen LogP contribution in [0.15, 0.2) is 24.3 Å². The van der Waals surface area contributed by atoms with Gasteiger partial charge < -0.3 is 16.0 Å². The van der Waals surface area contributed by atoms with E-state index in [1.165, 1.54) is 19.3 Å². The predicted octanol–water partition coefficient (Wildman–Crippen LogP) is 3.21. The summed E-state index contributed by atoms with van der Waals surface area (Å²) >= 11 is 0. The number of nitrogens with one attached hydrogen (secondary N) is 1. The van der Waals surface area contributed by atoms with Gasteiger partial charge in [-0.1, -0.05) is 18.6 Å². The first-order valence-corrected chi connectivity index (χ1v) is 9.17. The van der Waals surface area contributed by atoms with Crippen molar-refractivity contribution in [2.75, 3.05) is 45.5 Å². The zero-order valence-corrected chi connectivity index (χ0v) is 18.4. The third-order valence-corrected chi connectivity index (χ3v) is 5.73. The topological polar surface area (TPSA) is 61.6 Å². The minimum absolute atomic E-state index is 0. The SMILES string of the molecule is CN1CCC(CNC(=O)c2ccccc2N)(N2CCCCC2)CC1.Cl.Cl.Cl. The number of piperidine rings is 2. The van der Waals surface area contributed by atoms with Gasteiger partial charge in [-0.2, -0.15) is 0 Å². The first-order valence-electron chi connectivity index (χ1n) is 9.17. The number of amides is 1. The summed E-state index contributed by atoms with van der Waals surface area (Å²) in [5.41, 5.74) is 7.18. The Balaban J connectivity index is 0.00000225. The fraction of sp³-hybridized carbons (Fsp3) is 0.632. The quantitative estimate of drug-likeness (QED) is 0.707. The van der Waals surface area contributed by atoms with Crippen LogP contribution in [0.5, 0.6) is 0 Å². The van der Waals surface area contributed by atoms with E-state index < -0.39 is 0 Å². The number of carbonyl (C=O) groups is 1. The first-order chi connectivity index (χ1) is 11.6. The van der Waals surface area contributed by atoms with Crippen molar-refractivity contribution >= 4 is 48.8 Å². The first kappa shape index (κ1) is 26.3. The molecular formula is C19H33Cl3N4O. The van der Waals surface area contributed by atoms with Crippen molar-refractivity contribution in [1.82, 2.24) is 15.1 Å². The molecule has 0 aliphatic carbocycles. The van der Waals surface area contributed by atoms with Crippen LogP contribution in [0, 0.1) is 0 Å². The second-order valence-electron chi connectivity index (χ2n) is 7.35. The molecule has 5 nitrogen and oxygen atoms in total. The number of rotatable bonds is 4. The summed E-state index contributed by atoms with van der Waals surface area (Å²) in [5.74, 6) is -0.0524.